The van der Waals surface area contributed by atoms with E-state index in [-0.39, 0.29) is 0 Å². The van der Waals surface area contributed by atoms with E-state index in [0.717, 1.165) is 12.0 Å². The summed E-state index contributed by atoms with van der Waals surface area (Å²) in [7, 11) is 2.27. The van der Waals surface area contributed by atoms with Crippen LogP contribution in [0.3, 0.4) is 0 Å². The molecule has 1 heterocycles. The molecule has 0 aromatic heterocycles. The lowest BCUT2D eigenvalue weighted by Crippen LogP contribution is -2.42. The van der Waals surface area contributed by atoms with Gasteiger partial charge in [-0.1, -0.05) is 6.42 Å². The predicted octanol–water partition coefficient (Wildman–Crippen LogP) is 1.47. The Morgan fingerprint density at radius 1 is 1.15 bits per heavy atom. The molecule has 0 amide bonds. The largest absolute Gasteiger partial charge is 0.313 e. The molecule has 2 heteroatoms. The molecule has 0 bridgehead atoms. The van der Waals surface area contributed by atoms with Gasteiger partial charge in [-0.3, -0.25) is 0 Å². The van der Waals surface area contributed by atoms with Crippen LogP contribution in [0.2, 0.25) is 0 Å². The maximum absolute atomic E-state index is 3.60. The first-order chi connectivity index (χ1) is 6.34. The van der Waals surface area contributed by atoms with Crippen LogP contribution in [0, 0.1) is 5.92 Å². The van der Waals surface area contributed by atoms with Crippen molar-refractivity contribution >= 4 is 0 Å². The molecule has 13 heavy (non-hydrogen) atoms. The standard InChI is InChI=1S/C11H22N2/c1-13(8-10-5-6-10)9-11-4-2-3-7-12-11/h10-12H,2-9H2,1H3/t11-/m0/s1. The van der Waals surface area contributed by atoms with Crippen molar-refractivity contribution < 1.29 is 0 Å². The summed E-state index contributed by atoms with van der Waals surface area (Å²) in [5.41, 5.74) is 0. The highest BCUT2D eigenvalue weighted by Gasteiger charge is 2.24. The summed E-state index contributed by atoms with van der Waals surface area (Å²) >= 11 is 0. The molecule has 0 aromatic rings. The van der Waals surface area contributed by atoms with Crippen LogP contribution in [0.15, 0.2) is 0 Å². The van der Waals surface area contributed by atoms with Crippen molar-refractivity contribution in [2.24, 2.45) is 5.92 Å². The van der Waals surface area contributed by atoms with E-state index in [0.29, 0.717) is 0 Å². The highest BCUT2D eigenvalue weighted by atomic mass is 15.1. The highest BCUT2D eigenvalue weighted by Crippen LogP contribution is 2.29. The van der Waals surface area contributed by atoms with Crippen molar-refractivity contribution in [2.75, 3.05) is 26.7 Å². The van der Waals surface area contributed by atoms with E-state index in [9.17, 15) is 0 Å². The maximum Gasteiger partial charge on any atom is 0.0194 e. The first-order valence-corrected chi connectivity index (χ1v) is 5.76. The molecule has 0 aromatic carbocycles. The van der Waals surface area contributed by atoms with Gasteiger partial charge in [0.25, 0.3) is 0 Å². The summed E-state index contributed by atoms with van der Waals surface area (Å²) < 4.78 is 0. The van der Waals surface area contributed by atoms with Gasteiger partial charge in [0.15, 0.2) is 0 Å². The van der Waals surface area contributed by atoms with E-state index in [1.807, 2.05) is 0 Å². The van der Waals surface area contributed by atoms with Crippen molar-refractivity contribution in [2.45, 2.75) is 38.1 Å². The fraction of sp³-hybridized carbons (Fsp3) is 1.00. The van der Waals surface area contributed by atoms with Crippen LogP contribution in [0.25, 0.3) is 0 Å². The Bertz CT molecular complexity index is 148. The van der Waals surface area contributed by atoms with Crippen LogP contribution >= 0.6 is 0 Å². The number of hydrogen-bond donors (Lipinski definition) is 1. The normalized spacial score (nSPS) is 29.5. The van der Waals surface area contributed by atoms with E-state index in [4.69, 9.17) is 0 Å². The lowest BCUT2D eigenvalue weighted by atomic mass is 10.0. The molecule has 76 valence electrons. The van der Waals surface area contributed by atoms with Gasteiger partial charge in [-0.2, -0.15) is 0 Å². The van der Waals surface area contributed by atoms with E-state index in [1.165, 1.54) is 51.7 Å². The Morgan fingerprint density at radius 3 is 2.62 bits per heavy atom. The second-order valence-corrected chi connectivity index (χ2v) is 4.81. The second kappa shape index (κ2) is 4.43. The van der Waals surface area contributed by atoms with Crippen molar-refractivity contribution in [3.05, 3.63) is 0 Å². The van der Waals surface area contributed by atoms with Crippen LogP contribution in [0.5, 0.6) is 0 Å². The summed E-state index contributed by atoms with van der Waals surface area (Å²) in [6.45, 7) is 3.83. The SMILES string of the molecule is CN(CC1CC1)C[C@@H]1CCCCN1. The van der Waals surface area contributed by atoms with E-state index < -0.39 is 0 Å². The average molecular weight is 182 g/mol. The number of nitrogens with zero attached hydrogens (tertiary/aromatic N) is 1. The van der Waals surface area contributed by atoms with Gasteiger partial charge in [-0.15, -0.1) is 0 Å². The first-order valence-electron chi connectivity index (χ1n) is 5.76. The van der Waals surface area contributed by atoms with E-state index in [2.05, 4.69) is 17.3 Å². The Balaban J connectivity index is 1.62. The molecule has 2 aliphatic rings. The molecular weight excluding hydrogens is 160 g/mol. The predicted molar refractivity (Wildman–Crippen MR) is 55.9 cm³/mol. The monoisotopic (exact) mass is 182 g/mol. The summed E-state index contributed by atoms with van der Waals surface area (Å²) in [6.07, 6.45) is 7.14. The maximum atomic E-state index is 3.60. The average Bonchev–Trinajstić information content (AvgIpc) is 2.90. The van der Waals surface area contributed by atoms with Crippen molar-refractivity contribution in [3.63, 3.8) is 0 Å². The van der Waals surface area contributed by atoms with Crippen LogP contribution in [-0.4, -0.2) is 37.6 Å². The van der Waals surface area contributed by atoms with Crippen molar-refractivity contribution in [3.8, 4) is 0 Å². The molecule has 1 saturated heterocycles. The highest BCUT2D eigenvalue weighted by molar-refractivity contribution is 4.80. The van der Waals surface area contributed by atoms with E-state index >= 15 is 0 Å². The number of hydrogen-bond acceptors (Lipinski definition) is 2. The molecule has 1 saturated carbocycles. The molecule has 0 spiro atoms. The Labute approximate surface area is 81.7 Å². The van der Waals surface area contributed by atoms with Gasteiger partial charge in [-0.25, -0.2) is 0 Å². The van der Waals surface area contributed by atoms with Gasteiger partial charge in [0.1, 0.15) is 0 Å². The number of nitrogens with one attached hydrogen (secondary N) is 1. The molecule has 2 fully saturated rings. The van der Waals surface area contributed by atoms with Crippen molar-refractivity contribution in [1.82, 2.24) is 10.2 Å². The number of rotatable bonds is 4. The van der Waals surface area contributed by atoms with Crippen LogP contribution < -0.4 is 5.32 Å². The zero-order valence-corrected chi connectivity index (χ0v) is 8.76. The lowest BCUT2D eigenvalue weighted by Gasteiger charge is -2.28. The molecule has 1 N–H and O–H groups in total. The lowest BCUT2D eigenvalue weighted by molar-refractivity contribution is 0.255. The van der Waals surface area contributed by atoms with Gasteiger partial charge >= 0.3 is 0 Å². The summed E-state index contributed by atoms with van der Waals surface area (Å²) in [5.74, 6) is 1.04. The molecule has 2 nitrogen and oxygen atoms in total. The third-order valence-electron chi connectivity index (χ3n) is 3.21. The first kappa shape index (κ1) is 9.47. The van der Waals surface area contributed by atoms with Gasteiger partial charge in [0, 0.05) is 19.1 Å². The smallest absolute Gasteiger partial charge is 0.0194 e. The fourth-order valence-corrected chi connectivity index (χ4v) is 2.27. The van der Waals surface area contributed by atoms with Crippen molar-refractivity contribution in [1.29, 1.82) is 0 Å². The molecular formula is C11H22N2. The zero-order valence-electron chi connectivity index (χ0n) is 8.76. The van der Waals surface area contributed by atoms with Crippen LogP contribution in [0.4, 0.5) is 0 Å². The molecule has 0 radical (unpaired) electrons. The van der Waals surface area contributed by atoms with Crippen LogP contribution in [0.1, 0.15) is 32.1 Å². The van der Waals surface area contributed by atoms with Gasteiger partial charge < -0.3 is 10.2 Å². The second-order valence-electron chi connectivity index (χ2n) is 4.81. The molecule has 0 unspecified atom stereocenters. The molecule has 1 atom stereocenters. The van der Waals surface area contributed by atoms with E-state index in [1.54, 1.807) is 0 Å². The van der Waals surface area contributed by atoms with Crippen LogP contribution in [-0.2, 0) is 0 Å². The minimum atomic E-state index is 0.775. The molecule has 1 aliphatic heterocycles. The quantitative estimate of drug-likeness (QED) is 0.708. The molecule has 2 rings (SSSR count). The summed E-state index contributed by atoms with van der Waals surface area (Å²) in [4.78, 5) is 2.51. The Morgan fingerprint density at radius 2 is 2.00 bits per heavy atom. The third-order valence-corrected chi connectivity index (χ3v) is 3.21. The van der Waals surface area contributed by atoms with Gasteiger partial charge in [-0.05, 0) is 45.2 Å². The summed E-state index contributed by atoms with van der Waals surface area (Å²) in [6, 6.07) is 0.775. The zero-order chi connectivity index (χ0) is 9.10. The summed E-state index contributed by atoms with van der Waals surface area (Å²) in [5, 5.41) is 3.60. The van der Waals surface area contributed by atoms with Gasteiger partial charge in [0.2, 0.25) is 0 Å². The topological polar surface area (TPSA) is 15.3 Å². The minimum Gasteiger partial charge on any atom is -0.313 e. The van der Waals surface area contributed by atoms with Gasteiger partial charge in [0.05, 0.1) is 0 Å². The molecule has 1 aliphatic carbocycles. The Kier molecular flexibility index (Phi) is 3.23. The fourth-order valence-electron chi connectivity index (χ4n) is 2.27. The number of likely N-dealkylation sites (N-methyl/N-ethyl adjacent to an activating group) is 1. The minimum absolute atomic E-state index is 0.775. The number of piperidine rings is 1. The Hall–Kier alpha value is -0.0800. The third kappa shape index (κ3) is 3.28.